The second-order valence-corrected chi connectivity index (χ2v) is 3.04. The molecule has 0 fully saturated rings. The van der Waals surface area contributed by atoms with Gasteiger partial charge in [-0.15, -0.1) is 6.42 Å². The normalized spacial score (nSPS) is 14.1. The molecular weight excluding hydrogens is 176 g/mol. The van der Waals surface area contributed by atoms with Crippen LogP contribution in [0.1, 0.15) is 26.3 Å². The third kappa shape index (κ3) is 0.929. The fourth-order valence-corrected chi connectivity index (χ4v) is 1.45. The number of Topliss-reactive ketones (excluding diaryl/α,β-unsaturated/α-hetero) is 2. The number of fused-ring (bicyclic) bond motifs is 1. The van der Waals surface area contributed by atoms with Gasteiger partial charge in [-0.3, -0.25) is 9.59 Å². The number of carbonyl (C=O) groups is 2. The molecule has 0 heterocycles. The van der Waals surface area contributed by atoms with Crippen LogP contribution in [0, 0.1) is 12.3 Å². The Labute approximate surface area is 81.2 Å². The molecule has 0 radical (unpaired) electrons. The fraction of sp³-hybridized carbons (Fsp3) is 0. The smallest absolute Gasteiger partial charge is 0.197 e. The molecule has 2 heteroatoms. The first-order valence-corrected chi connectivity index (χ1v) is 4.04. The predicted octanol–water partition coefficient (Wildman–Crippen LogP) is 1.60. The van der Waals surface area contributed by atoms with Crippen LogP contribution in [0.15, 0.2) is 30.4 Å². The molecule has 1 aliphatic carbocycles. The van der Waals surface area contributed by atoms with Crippen LogP contribution in [0.4, 0.5) is 0 Å². The predicted molar refractivity (Wildman–Crippen MR) is 52.2 cm³/mol. The molecule has 1 aliphatic rings. The van der Waals surface area contributed by atoms with Crippen molar-refractivity contribution >= 4 is 11.6 Å². The molecule has 0 unspecified atom stereocenters. The molecular formula is C12H6O2. The van der Waals surface area contributed by atoms with E-state index in [-0.39, 0.29) is 17.1 Å². The van der Waals surface area contributed by atoms with Gasteiger partial charge in [-0.1, -0.05) is 12.5 Å². The fourth-order valence-electron chi connectivity index (χ4n) is 1.45. The van der Waals surface area contributed by atoms with Crippen LogP contribution in [-0.4, -0.2) is 11.6 Å². The summed E-state index contributed by atoms with van der Waals surface area (Å²) in [7, 11) is 0. The molecule has 2 rings (SSSR count). The molecule has 0 spiro atoms. The van der Waals surface area contributed by atoms with E-state index in [1.807, 2.05) is 0 Å². The van der Waals surface area contributed by atoms with Crippen LogP contribution >= 0.6 is 0 Å². The van der Waals surface area contributed by atoms with Crippen LogP contribution in [0.5, 0.6) is 0 Å². The Kier molecular flexibility index (Phi) is 1.62. The second kappa shape index (κ2) is 2.68. The number of benzene rings is 1. The van der Waals surface area contributed by atoms with Crippen molar-refractivity contribution in [2.45, 2.75) is 0 Å². The molecule has 0 bridgehead atoms. The Hall–Kier alpha value is -2.14. The highest BCUT2D eigenvalue weighted by Crippen LogP contribution is 2.25. The highest BCUT2D eigenvalue weighted by atomic mass is 16.2. The number of ketones is 2. The number of hydrogen-bond donors (Lipinski definition) is 0. The van der Waals surface area contributed by atoms with Crippen molar-refractivity contribution in [2.24, 2.45) is 0 Å². The summed E-state index contributed by atoms with van der Waals surface area (Å²) in [5.41, 5.74) is 1.39. The molecule has 0 saturated heterocycles. The minimum Gasteiger partial charge on any atom is -0.288 e. The molecule has 14 heavy (non-hydrogen) atoms. The molecule has 0 saturated carbocycles. The summed E-state index contributed by atoms with van der Waals surface area (Å²) in [5.74, 6) is 1.80. The average molecular weight is 182 g/mol. The summed E-state index contributed by atoms with van der Waals surface area (Å²) < 4.78 is 0. The monoisotopic (exact) mass is 182 g/mol. The number of carbonyl (C=O) groups excluding carboxylic acids is 2. The van der Waals surface area contributed by atoms with Crippen LogP contribution in [0.25, 0.3) is 0 Å². The first-order chi connectivity index (χ1) is 6.65. The average Bonchev–Trinajstić information content (AvgIpc) is 2.44. The van der Waals surface area contributed by atoms with E-state index in [2.05, 4.69) is 12.5 Å². The minimum atomic E-state index is -0.317. The maximum Gasteiger partial charge on any atom is 0.197 e. The van der Waals surface area contributed by atoms with E-state index in [9.17, 15) is 9.59 Å². The lowest BCUT2D eigenvalue weighted by molar-refractivity contribution is 0.0989. The van der Waals surface area contributed by atoms with Gasteiger partial charge < -0.3 is 0 Å². The minimum absolute atomic E-state index is 0.0224. The summed E-state index contributed by atoms with van der Waals surface area (Å²) in [5, 5.41) is 0. The highest BCUT2D eigenvalue weighted by Gasteiger charge is 2.31. The highest BCUT2D eigenvalue weighted by molar-refractivity contribution is 6.39. The van der Waals surface area contributed by atoms with Gasteiger partial charge in [0.1, 0.15) is 0 Å². The van der Waals surface area contributed by atoms with E-state index >= 15 is 0 Å². The summed E-state index contributed by atoms with van der Waals surface area (Å²) in [6.07, 6.45) is 5.19. The van der Waals surface area contributed by atoms with Crippen molar-refractivity contribution in [3.63, 3.8) is 0 Å². The molecule has 2 nitrogen and oxygen atoms in total. The quantitative estimate of drug-likeness (QED) is 0.347. The number of allylic oxidation sites excluding steroid dienone is 1. The molecule has 1 aromatic rings. The lowest BCUT2D eigenvalue weighted by atomic mass is 10.1. The lowest BCUT2D eigenvalue weighted by Gasteiger charge is -1.95. The summed E-state index contributed by atoms with van der Waals surface area (Å²) in [4.78, 5) is 22.9. The van der Waals surface area contributed by atoms with Gasteiger partial charge in [0.15, 0.2) is 11.6 Å². The standard InChI is InChI=1S/C12H6O2/c1-3-8-4-5-9-10(6-8)12(14)7(2)11(9)13/h1,4-6H,2H2. The van der Waals surface area contributed by atoms with Crippen LogP contribution in [-0.2, 0) is 0 Å². The van der Waals surface area contributed by atoms with Crippen molar-refractivity contribution in [1.29, 1.82) is 0 Å². The molecule has 66 valence electrons. The SMILES string of the molecule is C#Cc1ccc2c(c1)C(=O)C(=C)C2=O. The van der Waals surface area contributed by atoms with Gasteiger partial charge in [-0.05, 0) is 18.2 Å². The van der Waals surface area contributed by atoms with E-state index in [0.717, 1.165) is 0 Å². The van der Waals surface area contributed by atoms with E-state index in [1.165, 1.54) is 0 Å². The van der Waals surface area contributed by atoms with Crippen molar-refractivity contribution in [3.8, 4) is 12.3 Å². The van der Waals surface area contributed by atoms with Gasteiger partial charge in [-0.25, -0.2) is 0 Å². The summed E-state index contributed by atoms with van der Waals surface area (Å²) in [6.45, 7) is 3.44. The Balaban J connectivity index is 2.72. The molecule has 0 atom stereocenters. The van der Waals surface area contributed by atoms with Crippen molar-refractivity contribution in [1.82, 2.24) is 0 Å². The molecule has 0 aliphatic heterocycles. The number of hydrogen-bond acceptors (Lipinski definition) is 2. The van der Waals surface area contributed by atoms with E-state index in [4.69, 9.17) is 6.42 Å². The molecule has 0 N–H and O–H groups in total. The van der Waals surface area contributed by atoms with Gasteiger partial charge in [0.25, 0.3) is 0 Å². The van der Waals surface area contributed by atoms with Gasteiger partial charge >= 0.3 is 0 Å². The maximum absolute atomic E-state index is 11.5. The van der Waals surface area contributed by atoms with E-state index in [1.54, 1.807) is 18.2 Å². The van der Waals surface area contributed by atoms with Gasteiger partial charge in [0.05, 0.1) is 5.57 Å². The first-order valence-electron chi connectivity index (χ1n) is 4.04. The lowest BCUT2D eigenvalue weighted by Crippen LogP contribution is -1.97. The number of terminal acetylenes is 1. The third-order valence-corrected chi connectivity index (χ3v) is 2.22. The van der Waals surface area contributed by atoms with E-state index in [0.29, 0.717) is 16.7 Å². The zero-order valence-electron chi connectivity index (χ0n) is 7.33. The van der Waals surface area contributed by atoms with Crippen molar-refractivity contribution in [2.75, 3.05) is 0 Å². The Morgan fingerprint density at radius 2 is 1.79 bits per heavy atom. The van der Waals surface area contributed by atoms with Crippen LogP contribution < -0.4 is 0 Å². The first kappa shape index (κ1) is 8.46. The largest absolute Gasteiger partial charge is 0.288 e. The molecule has 0 amide bonds. The topological polar surface area (TPSA) is 34.1 Å². The van der Waals surface area contributed by atoms with Crippen molar-refractivity contribution in [3.05, 3.63) is 47.0 Å². The zero-order valence-corrected chi connectivity index (χ0v) is 7.33. The third-order valence-electron chi connectivity index (χ3n) is 2.22. The van der Waals surface area contributed by atoms with Crippen LogP contribution in [0.2, 0.25) is 0 Å². The van der Waals surface area contributed by atoms with Crippen LogP contribution in [0.3, 0.4) is 0 Å². The Morgan fingerprint density at radius 3 is 2.43 bits per heavy atom. The Bertz CT molecular complexity index is 516. The Morgan fingerprint density at radius 1 is 1.14 bits per heavy atom. The molecule has 0 aromatic heterocycles. The van der Waals surface area contributed by atoms with Gasteiger partial charge in [0, 0.05) is 16.7 Å². The second-order valence-electron chi connectivity index (χ2n) is 3.04. The zero-order chi connectivity index (χ0) is 10.3. The maximum atomic E-state index is 11.5. The van der Waals surface area contributed by atoms with Gasteiger partial charge in [-0.2, -0.15) is 0 Å². The summed E-state index contributed by atoms with van der Waals surface area (Å²) >= 11 is 0. The molecule has 1 aromatic carbocycles. The van der Waals surface area contributed by atoms with Gasteiger partial charge in [0.2, 0.25) is 0 Å². The summed E-state index contributed by atoms with van der Waals surface area (Å²) in [6, 6.07) is 4.76. The van der Waals surface area contributed by atoms with E-state index < -0.39 is 0 Å². The number of rotatable bonds is 0. The van der Waals surface area contributed by atoms with Crippen molar-refractivity contribution < 1.29 is 9.59 Å².